The van der Waals surface area contributed by atoms with Crippen LogP contribution in [0.5, 0.6) is 17.2 Å². The molecular weight excluding hydrogens is 172 g/mol. The Hall–Kier alpha value is -1.84. The molecule has 0 radical (unpaired) electrons. The van der Waals surface area contributed by atoms with Crippen LogP contribution in [0.25, 0.3) is 5.57 Å². The van der Waals surface area contributed by atoms with Gasteiger partial charge in [-0.25, -0.2) is 0 Å². The highest BCUT2D eigenvalue weighted by Gasteiger charge is 2.11. The molecule has 4 nitrogen and oxygen atoms in total. The first-order chi connectivity index (χ1) is 6.07. The molecule has 70 valence electrons. The molecule has 1 aromatic carbocycles. The van der Waals surface area contributed by atoms with Crippen LogP contribution in [-0.2, 0) is 0 Å². The summed E-state index contributed by atoms with van der Waals surface area (Å²) < 4.78 is 0. The largest absolute Gasteiger partial charge is 0.515 e. The number of aliphatic hydroxyl groups excluding tert-OH is 1. The smallest absolute Gasteiger partial charge is 0.200 e. The SMILES string of the molecule is C/C(=C/O)c1ccc(O)c(O)c1O. The molecule has 1 rings (SSSR count). The van der Waals surface area contributed by atoms with Gasteiger partial charge in [0.15, 0.2) is 11.5 Å². The second-order valence-electron chi connectivity index (χ2n) is 2.64. The Morgan fingerprint density at radius 2 is 1.77 bits per heavy atom. The molecule has 4 heteroatoms. The zero-order valence-electron chi connectivity index (χ0n) is 7.02. The van der Waals surface area contributed by atoms with Gasteiger partial charge < -0.3 is 20.4 Å². The maximum absolute atomic E-state index is 9.32. The lowest BCUT2D eigenvalue weighted by atomic mass is 10.1. The van der Waals surface area contributed by atoms with Crippen molar-refractivity contribution in [2.75, 3.05) is 0 Å². The topological polar surface area (TPSA) is 80.9 Å². The third kappa shape index (κ3) is 1.51. The van der Waals surface area contributed by atoms with Gasteiger partial charge in [-0.3, -0.25) is 0 Å². The molecule has 0 bridgehead atoms. The average Bonchev–Trinajstić information content (AvgIpc) is 2.13. The number of phenolic OH excluding ortho intramolecular Hbond substituents is 3. The molecule has 0 aliphatic carbocycles. The molecule has 4 N–H and O–H groups in total. The molecule has 0 aliphatic rings. The summed E-state index contributed by atoms with van der Waals surface area (Å²) in [5.74, 6) is -1.42. The minimum absolute atomic E-state index is 0.276. The standard InChI is InChI=1S/C9H10O4/c1-5(4-10)6-2-3-7(11)9(13)8(6)12/h2-4,10-13H,1H3/b5-4-. The molecule has 0 saturated carbocycles. The number of hydrogen-bond donors (Lipinski definition) is 4. The second kappa shape index (κ2) is 3.26. The summed E-state index contributed by atoms with van der Waals surface area (Å²) in [6, 6.07) is 2.63. The molecule has 0 aliphatic heterocycles. The summed E-state index contributed by atoms with van der Waals surface area (Å²) in [5.41, 5.74) is 0.672. The van der Waals surface area contributed by atoms with E-state index in [1.54, 1.807) is 6.92 Å². The van der Waals surface area contributed by atoms with Crippen molar-refractivity contribution in [1.29, 1.82) is 0 Å². The summed E-state index contributed by atoms with van der Waals surface area (Å²) >= 11 is 0. The quantitative estimate of drug-likeness (QED) is 0.393. The third-order valence-corrected chi connectivity index (χ3v) is 1.75. The molecular formula is C9H10O4. The van der Waals surface area contributed by atoms with E-state index in [1.165, 1.54) is 12.1 Å². The van der Waals surface area contributed by atoms with E-state index in [0.717, 1.165) is 6.26 Å². The summed E-state index contributed by atoms with van der Waals surface area (Å²) in [6.45, 7) is 1.56. The molecule has 0 aromatic heterocycles. The van der Waals surface area contributed by atoms with Gasteiger partial charge >= 0.3 is 0 Å². The second-order valence-corrected chi connectivity index (χ2v) is 2.64. The van der Waals surface area contributed by atoms with E-state index in [4.69, 9.17) is 15.3 Å². The van der Waals surface area contributed by atoms with Gasteiger partial charge in [0, 0.05) is 5.56 Å². The van der Waals surface area contributed by atoms with Crippen molar-refractivity contribution in [3.8, 4) is 17.2 Å². The van der Waals surface area contributed by atoms with Gasteiger partial charge in [-0.2, -0.15) is 0 Å². The average molecular weight is 182 g/mol. The van der Waals surface area contributed by atoms with E-state index in [1.807, 2.05) is 0 Å². The van der Waals surface area contributed by atoms with Crippen LogP contribution in [0.1, 0.15) is 12.5 Å². The van der Waals surface area contributed by atoms with E-state index < -0.39 is 17.2 Å². The van der Waals surface area contributed by atoms with Gasteiger partial charge in [0.25, 0.3) is 0 Å². The third-order valence-electron chi connectivity index (χ3n) is 1.75. The Morgan fingerprint density at radius 3 is 2.31 bits per heavy atom. The number of aromatic hydroxyl groups is 3. The lowest BCUT2D eigenvalue weighted by Gasteiger charge is -2.06. The van der Waals surface area contributed by atoms with Gasteiger partial charge in [-0.1, -0.05) is 0 Å². The zero-order chi connectivity index (χ0) is 10.0. The molecule has 0 saturated heterocycles. The fourth-order valence-corrected chi connectivity index (χ4v) is 0.957. The first-order valence-electron chi connectivity index (χ1n) is 3.63. The predicted octanol–water partition coefficient (Wildman–Crippen LogP) is 1.72. The Bertz CT molecular complexity index is 355. The van der Waals surface area contributed by atoms with Crippen molar-refractivity contribution < 1.29 is 20.4 Å². The lowest BCUT2D eigenvalue weighted by Crippen LogP contribution is -1.82. The highest BCUT2D eigenvalue weighted by atomic mass is 16.3. The summed E-state index contributed by atoms with van der Waals surface area (Å²) in [6.07, 6.45) is 0.811. The van der Waals surface area contributed by atoms with Gasteiger partial charge in [0.05, 0.1) is 6.26 Å². The van der Waals surface area contributed by atoms with Gasteiger partial charge in [0.1, 0.15) is 0 Å². The Balaban J connectivity index is 3.34. The molecule has 13 heavy (non-hydrogen) atoms. The van der Waals surface area contributed by atoms with Crippen LogP contribution in [0.4, 0.5) is 0 Å². The molecule has 0 spiro atoms. The molecule has 0 atom stereocenters. The summed E-state index contributed by atoms with van der Waals surface area (Å²) in [5, 5.41) is 36.1. The van der Waals surface area contributed by atoms with Crippen molar-refractivity contribution in [3.63, 3.8) is 0 Å². The summed E-state index contributed by atoms with van der Waals surface area (Å²) in [7, 11) is 0. The van der Waals surface area contributed by atoms with Crippen LogP contribution in [-0.4, -0.2) is 20.4 Å². The van der Waals surface area contributed by atoms with Crippen molar-refractivity contribution in [3.05, 3.63) is 24.0 Å². The zero-order valence-corrected chi connectivity index (χ0v) is 7.02. The number of rotatable bonds is 1. The van der Waals surface area contributed by atoms with Crippen molar-refractivity contribution in [1.82, 2.24) is 0 Å². The Morgan fingerprint density at radius 1 is 1.15 bits per heavy atom. The lowest BCUT2D eigenvalue weighted by molar-refractivity contribution is 0.367. The van der Waals surface area contributed by atoms with E-state index in [9.17, 15) is 5.11 Å². The normalized spacial score (nSPS) is 11.6. The van der Waals surface area contributed by atoms with Crippen LogP contribution in [0.2, 0.25) is 0 Å². The Labute approximate surface area is 75.0 Å². The van der Waals surface area contributed by atoms with Gasteiger partial charge in [-0.15, -0.1) is 0 Å². The van der Waals surface area contributed by atoms with E-state index in [-0.39, 0.29) is 5.56 Å². The molecule has 0 amide bonds. The molecule has 0 unspecified atom stereocenters. The maximum Gasteiger partial charge on any atom is 0.200 e. The monoisotopic (exact) mass is 182 g/mol. The van der Waals surface area contributed by atoms with Crippen molar-refractivity contribution >= 4 is 5.57 Å². The first-order valence-corrected chi connectivity index (χ1v) is 3.63. The number of aliphatic hydroxyl groups is 1. The van der Waals surface area contributed by atoms with Crippen molar-refractivity contribution in [2.24, 2.45) is 0 Å². The van der Waals surface area contributed by atoms with E-state index in [0.29, 0.717) is 5.57 Å². The maximum atomic E-state index is 9.32. The predicted molar refractivity (Wildman–Crippen MR) is 47.7 cm³/mol. The van der Waals surface area contributed by atoms with Gasteiger partial charge in [-0.05, 0) is 24.6 Å². The van der Waals surface area contributed by atoms with Crippen LogP contribution in [0, 0.1) is 0 Å². The highest BCUT2D eigenvalue weighted by Crippen LogP contribution is 2.39. The summed E-state index contributed by atoms with van der Waals surface area (Å²) in [4.78, 5) is 0. The number of hydrogen-bond acceptors (Lipinski definition) is 4. The fourth-order valence-electron chi connectivity index (χ4n) is 0.957. The number of allylic oxidation sites excluding steroid dienone is 1. The molecule has 0 fully saturated rings. The number of phenols is 3. The van der Waals surface area contributed by atoms with E-state index in [2.05, 4.69) is 0 Å². The molecule has 1 aromatic rings. The first kappa shape index (κ1) is 9.25. The van der Waals surface area contributed by atoms with Crippen LogP contribution in [0.15, 0.2) is 18.4 Å². The highest BCUT2D eigenvalue weighted by molar-refractivity contribution is 5.72. The fraction of sp³-hybridized carbons (Fsp3) is 0.111. The minimum Gasteiger partial charge on any atom is -0.515 e. The van der Waals surface area contributed by atoms with Crippen LogP contribution in [0.3, 0.4) is 0 Å². The Kier molecular flexibility index (Phi) is 2.32. The molecule has 0 heterocycles. The number of benzene rings is 1. The van der Waals surface area contributed by atoms with Crippen LogP contribution < -0.4 is 0 Å². The van der Waals surface area contributed by atoms with Gasteiger partial charge in [0.2, 0.25) is 5.75 Å². The van der Waals surface area contributed by atoms with Crippen LogP contribution >= 0.6 is 0 Å². The minimum atomic E-state index is -0.585. The van der Waals surface area contributed by atoms with E-state index >= 15 is 0 Å². The van der Waals surface area contributed by atoms with Crippen molar-refractivity contribution in [2.45, 2.75) is 6.92 Å².